The summed E-state index contributed by atoms with van der Waals surface area (Å²) in [5.74, 6) is -4.52. The minimum Gasteiger partial charge on any atom is -0.478 e. The summed E-state index contributed by atoms with van der Waals surface area (Å²) in [4.78, 5) is 57.3. The number of non-ortho nitro benzene ring substituents is 1. The van der Waals surface area contributed by atoms with E-state index < -0.39 is 51.7 Å². The van der Waals surface area contributed by atoms with Gasteiger partial charge in [0.25, 0.3) is 17.5 Å². The molecule has 29 heavy (non-hydrogen) atoms. The van der Waals surface area contributed by atoms with Crippen molar-refractivity contribution in [1.82, 2.24) is 10.6 Å². The second-order valence-corrected chi connectivity index (χ2v) is 5.81. The Kier molecular flexibility index (Phi) is 6.24. The first-order valence-corrected chi connectivity index (χ1v) is 8.07. The van der Waals surface area contributed by atoms with E-state index in [1.807, 2.05) is 0 Å². The number of hydrogen-bond acceptors (Lipinski definition) is 6. The van der Waals surface area contributed by atoms with Crippen LogP contribution in [0, 0.1) is 10.1 Å². The number of nitro benzene ring substituents is 1. The van der Waals surface area contributed by atoms with Crippen molar-refractivity contribution < 1.29 is 34.3 Å². The zero-order valence-electron chi connectivity index (χ0n) is 14.9. The highest BCUT2D eigenvalue weighted by atomic mass is 16.6. The number of aromatic carboxylic acids is 2. The first-order valence-electron chi connectivity index (χ1n) is 8.07. The third-order valence-electron chi connectivity index (χ3n) is 3.79. The summed E-state index contributed by atoms with van der Waals surface area (Å²) in [5, 5.41) is 33.9. The molecular weight excluding hydrogens is 386 g/mol. The van der Waals surface area contributed by atoms with Gasteiger partial charge >= 0.3 is 11.9 Å². The smallest absolute Gasteiger partial charge is 0.336 e. The lowest BCUT2D eigenvalue weighted by Gasteiger charge is -2.17. The molecule has 2 amide bonds. The van der Waals surface area contributed by atoms with Crippen molar-refractivity contribution in [3.05, 3.63) is 74.8 Å². The minimum atomic E-state index is -1.46. The molecule has 0 aliphatic rings. The zero-order chi connectivity index (χ0) is 21.7. The number of rotatable bonds is 7. The van der Waals surface area contributed by atoms with Gasteiger partial charge in [0.2, 0.25) is 0 Å². The summed E-state index contributed by atoms with van der Waals surface area (Å²) in [6.45, 7) is 1.36. The number of carboxylic acid groups (broad SMARTS) is 2. The van der Waals surface area contributed by atoms with Crippen molar-refractivity contribution in [3.63, 3.8) is 0 Å². The van der Waals surface area contributed by atoms with Gasteiger partial charge in [-0.15, -0.1) is 0 Å². The molecule has 11 heteroatoms. The van der Waals surface area contributed by atoms with Crippen LogP contribution in [-0.4, -0.2) is 45.1 Å². The Morgan fingerprint density at radius 1 is 0.862 bits per heavy atom. The maximum absolute atomic E-state index is 12.4. The Morgan fingerprint density at radius 3 is 1.86 bits per heavy atom. The highest BCUT2D eigenvalue weighted by molar-refractivity contribution is 6.06. The molecule has 0 radical (unpaired) electrons. The molecule has 1 atom stereocenters. The third-order valence-corrected chi connectivity index (χ3v) is 3.79. The average Bonchev–Trinajstić information content (AvgIpc) is 2.66. The van der Waals surface area contributed by atoms with E-state index in [0.29, 0.717) is 0 Å². The van der Waals surface area contributed by atoms with Crippen molar-refractivity contribution in [2.75, 3.05) is 0 Å². The van der Waals surface area contributed by atoms with E-state index in [2.05, 4.69) is 10.6 Å². The Labute approximate surface area is 163 Å². The summed E-state index contributed by atoms with van der Waals surface area (Å²) in [6, 6.07) is 8.14. The SMILES string of the molecule is CC(NC(=O)c1ccccc1C(=O)O)NC(=O)c1cc([N+](=O)[O-])ccc1C(=O)O. The van der Waals surface area contributed by atoms with Gasteiger partial charge in [0, 0.05) is 12.1 Å². The van der Waals surface area contributed by atoms with E-state index in [1.165, 1.54) is 31.2 Å². The summed E-state index contributed by atoms with van der Waals surface area (Å²) < 4.78 is 0. The van der Waals surface area contributed by atoms with Crippen LogP contribution in [0.15, 0.2) is 42.5 Å². The van der Waals surface area contributed by atoms with Crippen LogP contribution in [0.1, 0.15) is 48.4 Å². The van der Waals surface area contributed by atoms with Gasteiger partial charge in [0.05, 0.1) is 33.3 Å². The molecule has 0 saturated carbocycles. The standard InChI is InChI=1S/C18H15N3O8/c1-9(19-15(22)11-4-2-3-5-12(11)17(24)25)20-16(23)14-8-10(21(28)29)6-7-13(14)18(26)27/h2-9H,1H3,(H,19,22)(H,20,23)(H,24,25)(H,26,27). The first kappa shape index (κ1) is 21.0. The number of carbonyl (C=O) groups is 4. The number of amides is 2. The Balaban J connectivity index is 2.20. The second kappa shape index (κ2) is 8.61. The number of nitrogens with zero attached hydrogens (tertiary/aromatic N) is 1. The van der Waals surface area contributed by atoms with Gasteiger partial charge in [-0.25, -0.2) is 9.59 Å². The highest BCUT2D eigenvalue weighted by Crippen LogP contribution is 2.18. The van der Waals surface area contributed by atoms with Crippen molar-refractivity contribution in [2.24, 2.45) is 0 Å². The molecule has 0 heterocycles. The molecule has 11 nitrogen and oxygen atoms in total. The van der Waals surface area contributed by atoms with Gasteiger partial charge < -0.3 is 20.8 Å². The Bertz CT molecular complexity index is 1020. The number of nitrogens with one attached hydrogen (secondary N) is 2. The fourth-order valence-corrected chi connectivity index (χ4v) is 2.47. The molecule has 0 aromatic heterocycles. The van der Waals surface area contributed by atoms with Crippen LogP contribution < -0.4 is 10.6 Å². The van der Waals surface area contributed by atoms with Crippen LogP contribution in [0.25, 0.3) is 0 Å². The lowest BCUT2D eigenvalue weighted by molar-refractivity contribution is -0.384. The number of hydrogen-bond donors (Lipinski definition) is 4. The van der Waals surface area contributed by atoms with Crippen LogP contribution in [0.3, 0.4) is 0 Å². The fourth-order valence-electron chi connectivity index (χ4n) is 2.47. The molecule has 0 aliphatic carbocycles. The predicted octanol–water partition coefficient (Wildman–Crippen LogP) is 1.50. The fraction of sp³-hybridized carbons (Fsp3) is 0.111. The maximum atomic E-state index is 12.4. The van der Waals surface area contributed by atoms with Gasteiger partial charge in [-0.1, -0.05) is 12.1 Å². The topological polar surface area (TPSA) is 176 Å². The molecule has 2 rings (SSSR count). The Hall–Kier alpha value is -4.28. The van der Waals surface area contributed by atoms with E-state index in [0.717, 1.165) is 18.2 Å². The largest absolute Gasteiger partial charge is 0.478 e. The van der Waals surface area contributed by atoms with E-state index in [4.69, 9.17) is 5.11 Å². The number of carboxylic acids is 2. The van der Waals surface area contributed by atoms with Gasteiger partial charge in [-0.3, -0.25) is 19.7 Å². The monoisotopic (exact) mass is 401 g/mol. The first-order chi connectivity index (χ1) is 13.6. The summed E-state index contributed by atoms with van der Waals surface area (Å²) in [7, 11) is 0. The van der Waals surface area contributed by atoms with Gasteiger partial charge in [-0.05, 0) is 25.1 Å². The van der Waals surface area contributed by atoms with E-state index in [9.17, 15) is 34.4 Å². The molecule has 1 unspecified atom stereocenters. The molecule has 2 aromatic carbocycles. The zero-order valence-corrected chi connectivity index (χ0v) is 14.9. The van der Waals surface area contributed by atoms with Crippen molar-refractivity contribution >= 4 is 29.4 Å². The van der Waals surface area contributed by atoms with E-state index in [-0.39, 0.29) is 11.1 Å². The highest BCUT2D eigenvalue weighted by Gasteiger charge is 2.23. The summed E-state index contributed by atoms with van der Waals surface area (Å²) in [5.41, 5.74) is -1.77. The molecule has 0 bridgehead atoms. The number of carbonyl (C=O) groups excluding carboxylic acids is 2. The molecule has 0 spiro atoms. The predicted molar refractivity (Wildman–Crippen MR) is 97.9 cm³/mol. The lowest BCUT2D eigenvalue weighted by atomic mass is 10.1. The molecular formula is C18H15N3O8. The van der Waals surface area contributed by atoms with Crippen LogP contribution in [0.2, 0.25) is 0 Å². The van der Waals surface area contributed by atoms with Crippen LogP contribution in [0.5, 0.6) is 0 Å². The molecule has 0 saturated heterocycles. The maximum Gasteiger partial charge on any atom is 0.336 e. The molecule has 0 aliphatic heterocycles. The van der Waals surface area contributed by atoms with Crippen LogP contribution in [0.4, 0.5) is 5.69 Å². The normalized spacial score (nSPS) is 11.2. The molecule has 4 N–H and O–H groups in total. The third kappa shape index (κ3) is 4.91. The van der Waals surface area contributed by atoms with Gasteiger partial charge in [0.15, 0.2) is 0 Å². The number of benzene rings is 2. The lowest BCUT2D eigenvalue weighted by Crippen LogP contribution is -2.46. The number of nitro groups is 1. The Morgan fingerprint density at radius 2 is 1.34 bits per heavy atom. The van der Waals surface area contributed by atoms with Crippen LogP contribution >= 0.6 is 0 Å². The second-order valence-electron chi connectivity index (χ2n) is 5.81. The van der Waals surface area contributed by atoms with Crippen molar-refractivity contribution in [2.45, 2.75) is 13.1 Å². The molecule has 0 fully saturated rings. The average molecular weight is 401 g/mol. The van der Waals surface area contributed by atoms with Gasteiger partial charge in [0.1, 0.15) is 0 Å². The van der Waals surface area contributed by atoms with Crippen molar-refractivity contribution in [1.29, 1.82) is 0 Å². The van der Waals surface area contributed by atoms with Crippen molar-refractivity contribution in [3.8, 4) is 0 Å². The van der Waals surface area contributed by atoms with E-state index in [1.54, 1.807) is 0 Å². The summed E-state index contributed by atoms with van der Waals surface area (Å²) >= 11 is 0. The quantitative estimate of drug-likeness (QED) is 0.306. The minimum absolute atomic E-state index is 0.136. The summed E-state index contributed by atoms with van der Waals surface area (Å²) in [6.07, 6.45) is -1.04. The van der Waals surface area contributed by atoms with E-state index >= 15 is 0 Å². The van der Waals surface area contributed by atoms with Gasteiger partial charge in [-0.2, -0.15) is 0 Å². The molecule has 150 valence electrons. The molecule has 2 aromatic rings. The van der Waals surface area contributed by atoms with Crippen LogP contribution in [-0.2, 0) is 0 Å².